The van der Waals surface area contributed by atoms with Gasteiger partial charge in [-0.25, -0.2) is 4.79 Å². The van der Waals surface area contributed by atoms with Crippen LogP contribution in [0.2, 0.25) is 0 Å². The predicted octanol–water partition coefficient (Wildman–Crippen LogP) is 3.97. The van der Waals surface area contributed by atoms with Crippen LogP contribution in [0.4, 0.5) is 4.79 Å². The molecule has 0 aromatic heterocycles. The van der Waals surface area contributed by atoms with Gasteiger partial charge in [0.25, 0.3) is 0 Å². The first-order valence-corrected chi connectivity index (χ1v) is 10.1. The van der Waals surface area contributed by atoms with Gasteiger partial charge in [0.2, 0.25) is 0 Å². The van der Waals surface area contributed by atoms with Crippen LogP contribution in [0.15, 0.2) is 24.3 Å². The fourth-order valence-corrected chi connectivity index (χ4v) is 4.00. The molecule has 0 unspecified atom stereocenters. The Morgan fingerprint density at radius 2 is 1.93 bits per heavy atom. The molecule has 0 N–H and O–H groups in total. The quantitative estimate of drug-likeness (QED) is 0.728. The highest BCUT2D eigenvalue weighted by atomic mass is 16.6. The zero-order valence-electron chi connectivity index (χ0n) is 17.2. The van der Waals surface area contributed by atoms with E-state index in [1.165, 1.54) is 5.56 Å². The number of nitriles is 1. The largest absolute Gasteiger partial charge is 0.450 e. The number of carbonyl (C=O) groups excluding carboxylic acids is 1. The van der Waals surface area contributed by atoms with Crippen molar-refractivity contribution in [1.29, 1.82) is 5.26 Å². The zero-order valence-corrected chi connectivity index (χ0v) is 17.2. The number of ether oxygens (including phenoxy) is 1. The van der Waals surface area contributed by atoms with Crippen LogP contribution in [0.1, 0.15) is 44.7 Å². The number of nitrogens with zero attached hydrogens (tertiary/aromatic N) is 3. The molecule has 148 valence electrons. The van der Waals surface area contributed by atoms with Gasteiger partial charge < -0.3 is 9.64 Å². The van der Waals surface area contributed by atoms with Crippen LogP contribution < -0.4 is 0 Å². The molecule has 1 amide bonds. The summed E-state index contributed by atoms with van der Waals surface area (Å²) in [5, 5.41) is 10.1. The van der Waals surface area contributed by atoms with Crippen LogP contribution >= 0.6 is 0 Å². The number of rotatable bonds is 7. The fraction of sp³-hybridized carbons (Fsp3) is 0.636. The lowest BCUT2D eigenvalue weighted by atomic mass is 9.68. The number of aryl methyl sites for hydroxylation is 1. The molecule has 1 fully saturated rings. The number of benzene rings is 1. The molecule has 5 nitrogen and oxygen atoms in total. The number of amides is 1. The Labute approximate surface area is 163 Å². The molecule has 0 saturated carbocycles. The lowest BCUT2D eigenvalue weighted by Crippen LogP contribution is -2.49. The van der Waals surface area contributed by atoms with Crippen molar-refractivity contribution in [3.8, 4) is 6.07 Å². The molecule has 2 rings (SSSR count). The molecule has 5 heteroatoms. The van der Waals surface area contributed by atoms with Crippen LogP contribution in [-0.4, -0.2) is 55.2 Å². The van der Waals surface area contributed by atoms with Crippen molar-refractivity contribution in [2.45, 2.75) is 46.0 Å². The van der Waals surface area contributed by atoms with E-state index in [2.05, 4.69) is 43.9 Å². The molecule has 1 atom stereocenters. The summed E-state index contributed by atoms with van der Waals surface area (Å²) in [6.07, 6.45) is 1.61. The zero-order chi connectivity index (χ0) is 19.9. The summed E-state index contributed by atoms with van der Waals surface area (Å²) in [5.74, 6) is 0.254. The van der Waals surface area contributed by atoms with Crippen LogP contribution in [0.3, 0.4) is 0 Å². The normalized spacial score (nSPS) is 17.4. The number of piperazine rings is 1. The monoisotopic (exact) mass is 371 g/mol. The summed E-state index contributed by atoms with van der Waals surface area (Å²) in [6.45, 7) is 12.8. The fourth-order valence-electron chi connectivity index (χ4n) is 4.00. The second-order valence-corrected chi connectivity index (χ2v) is 7.68. The smallest absolute Gasteiger partial charge is 0.409 e. The second kappa shape index (κ2) is 9.75. The highest BCUT2D eigenvalue weighted by molar-refractivity contribution is 5.67. The Morgan fingerprint density at radius 1 is 1.26 bits per heavy atom. The molecular weight excluding hydrogens is 338 g/mol. The van der Waals surface area contributed by atoms with E-state index in [1.807, 2.05) is 19.1 Å². The van der Waals surface area contributed by atoms with Gasteiger partial charge in [-0.1, -0.05) is 38.1 Å². The van der Waals surface area contributed by atoms with E-state index in [1.54, 1.807) is 4.90 Å². The van der Waals surface area contributed by atoms with Crippen LogP contribution in [0.5, 0.6) is 0 Å². The first kappa shape index (κ1) is 21.2. The van der Waals surface area contributed by atoms with E-state index in [4.69, 9.17) is 4.74 Å². The first-order valence-electron chi connectivity index (χ1n) is 10.1. The molecular formula is C22H33N3O2. The summed E-state index contributed by atoms with van der Waals surface area (Å²) >= 11 is 0. The Balaban J connectivity index is 1.93. The van der Waals surface area contributed by atoms with Crippen molar-refractivity contribution >= 4 is 6.09 Å². The topological polar surface area (TPSA) is 56.6 Å². The number of hydrogen-bond acceptors (Lipinski definition) is 4. The standard InChI is InChI=1S/C22H33N3O2/c1-5-27-21(26)25-15-13-24(14-16-25)12-8-11-22(17-23,18(2)3)20-10-7-6-9-19(20)4/h6-7,9-10,18H,5,8,11-16H2,1-4H3/t22-/m1/s1. The number of carbonyl (C=O) groups is 1. The van der Waals surface area contributed by atoms with Crippen molar-refractivity contribution in [3.63, 3.8) is 0 Å². The minimum atomic E-state index is -0.446. The highest BCUT2D eigenvalue weighted by Crippen LogP contribution is 2.38. The predicted molar refractivity (Wildman–Crippen MR) is 108 cm³/mol. The summed E-state index contributed by atoms with van der Waals surface area (Å²) in [5.41, 5.74) is 1.91. The average molecular weight is 372 g/mol. The molecule has 1 aromatic carbocycles. The molecule has 1 aliphatic heterocycles. The summed E-state index contributed by atoms with van der Waals surface area (Å²) in [7, 11) is 0. The molecule has 1 aliphatic rings. The van der Waals surface area contributed by atoms with Gasteiger partial charge in [0.15, 0.2) is 0 Å². The van der Waals surface area contributed by atoms with E-state index in [9.17, 15) is 10.1 Å². The van der Waals surface area contributed by atoms with E-state index < -0.39 is 5.41 Å². The summed E-state index contributed by atoms with van der Waals surface area (Å²) in [6, 6.07) is 10.9. The van der Waals surface area contributed by atoms with Crippen molar-refractivity contribution in [3.05, 3.63) is 35.4 Å². The molecule has 0 spiro atoms. The molecule has 0 bridgehead atoms. The Morgan fingerprint density at radius 3 is 2.48 bits per heavy atom. The van der Waals surface area contributed by atoms with Gasteiger partial charge in [-0.3, -0.25) is 4.90 Å². The minimum Gasteiger partial charge on any atom is -0.450 e. The van der Waals surface area contributed by atoms with Gasteiger partial charge in [0.1, 0.15) is 0 Å². The van der Waals surface area contributed by atoms with E-state index in [0.29, 0.717) is 19.7 Å². The van der Waals surface area contributed by atoms with Gasteiger partial charge in [0.05, 0.1) is 18.1 Å². The van der Waals surface area contributed by atoms with E-state index in [-0.39, 0.29) is 12.0 Å². The van der Waals surface area contributed by atoms with Crippen molar-refractivity contribution in [2.24, 2.45) is 5.92 Å². The Bertz CT molecular complexity index is 660. The van der Waals surface area contributed by atoms with Crippen LogP contribution in [-0.2, 0) is 10.2 Å². The third-order valence-electron chi connectivity index (χ3n) is 5.75. The summed E-state index contributed by atoms with van der Waals surface area (Å²) < 4.78 is 5.08. The van der Waals surface area contributed by atoms with Gasteiger partial charge in [-0.15, -0.1) is 0 Å². The Kier molecular flexibility index (Phi) is 7.67. The molecule has 0 radical (unpaired) electrons. The van der Waals surface area contributed by atoms with Crippen molar-refractivity contribution in [2.75, 3.05) is 39.3 Å². The maximum absolute atomic E-state index is 11.8. The van der Waals surface area contributed by atoms with Crippen LogP contribution in [0.25, 0.3) is 0 Å². The van der Waals surface area contributed by atoms with Gasteiger partial charge >= 0.3 is 6.09 Å². The average Bonchev–Trinajstić information content (AvgIpc) is 2.66. The third kappa shape index (κ3) is 5.01. The maximum Gasteiger partial charge on any atom is 0.409 e. The highest BCUT2D eigenvalue weighted by Gasteiger charge is 2.36. The van der Waals surface area contributed by atoms with Gasteiger partial charge in [-0.05, 0) is 50.3 Å². The first-order chi connectivity index (χ1) is 12.9. The number of hydrogen-bond donors (Lipinski definition) is 0. The van der Waals surface area contributed by atoms with Crippen molar-refractivity contribution in [1.82, 2.24) is 9.80 Å². The lowest BCUT2D eigenvalue weighted by molar-refractivity contribution is 0.0787. The molecule has 27 heavy (non-hydrogen) atoms. The van der Waals surface area contributed by atoms with E-state index >= 15 is 0 Å². The molecule has 1 heterocycles. The summed E-state index contributed by atoms with van der Waals surface area (Å²) in [4.78, 5) is 16.0. The molecule has 0 aliphatic carbocycles. The second-order valence-electron chi connectivity index (χ2n) is 7.68. The minimum absolute atomic E-state index is 0.208. The van der Waals surface area contributed by atoms with Crippen LogP contribution in [0, 0.1) is 24.2 Å². The van der Waals surface area contributed by atoms with Crippen molar-refractivity contribution < 1.29 is 9.53 Å². The molecule has 1 saturated heterocycles. The molecule has 1 aromatic rings. The SMILES string of the molecule is CCOC(=O)N1CCN(CCC[C@](C#N)(c2ccccc2C)C(C)C)CC1. The maximum atomic E-state index is 11.8. The lowest BCUT2D eigenvalue weighted by Gasteiger charge is -2.36. The Hall–Kier alpha value is -2.06. The van der Waals surface area contributed by atoms with Gasteiger partial charge in [0, 0.05) is 26.2 Å². The van der Waals surface area contributed by atoms with Gasteiger partial charge in [-0.2, -0.15) is 5.26 Å². The third-order valence-corrected chi connectivity index (χ3v) is 5.75. The van der Waals surface area contributed by atoms with E-state index in [0.717, 1.165) is 38.0 Å².